The first-order valence-corrected chi connectivity index (χ1v) is 7.52. The Balaban J connectivity index is 3.26. The monoisotopic (exact) mass is 270 g/mol. The Morgan fingerprint density at radius 2 is 1.89 bits per heavy atom. The Bertz CT molecular complexity index is 499. The molecule has 0 unspecified atom stereocenters. The van der Waals surface area contributed by atoms with Gasteiger partial charge in [-0.2, -0.15) is 0 Å². The molecule has 0 saturated carbocycles. The lowest BCUT2D eigenvalue weighted by Gasteiger charge is -2.29. The van der Waals surface area contributed by atoms with Crippen molar-refractivity contribution in [2.45, 2.75) is 19.4 Å². The number of para-hydroxylation sites is 1. The van der Waals surface area contributed by atoms with E-state index < -0.39 is 16.1 Å². The molecule has 0 heterocycles. The van der Waals surface area contributed by atoms with Gasteiger partial charge in [-0.05, 0) is 18.6 Å². The van der Waals surface area contributed by atoms with Gasteiger partial charge in [0.1, 0.15) is 6.04 Å². The van der Waals surface area contributed by atoms with E-state index in [9.17, 15) is 13.2 Å². The summed E-state index contributed by atoms with van der Waals surface area (Å²) in [7, 11) is -2.02. The van der Waals surface area contributed by atoms with Gasteiger partial charge in [-0.3, -0.25) is 9.10 Å². The summed E-state index contributed by atoms with van der Waals surface area (Å²) in [6, 6.07) is 7.89. The van der Waals surface area contributed by atoms with Gasteiger partial charge in [0.15, 0.2) is 0 Å². The van der Waals surface area contributed by atoms with Crippen molar-refractivity contribution in [2.75, 3.05) is 17.6 Å². The van der Waals surface area contributed by atoms with Crippen LogP contribution in [0.15, 0.2) is 30.3 Å². The summed E-state index contributed by atoms with van der Waals surface area (Å²) in [6.07, 6.45) is 1.51. The van der Waals surface area contributed by atoms with Crippen molar-refractivity contribution in [1.29, 1.82) is 0 Å². The van der Waals surface area contributed by atoms with Crippen LogP contribution in [-0.2, 0) is 14.8 Å². The molecule has 0 aliphatic heterocycles. The quantitative estimate of drug-likeness (QED) is 0.867. The van der Waals surface area contributed by atoms with Crippen LogP contribution in [0.5, 0.6) is 0 Å². The van der Waals surface area contributed by atoms with Gasteiger partial charge in [0.2, 0.25) is 15.9 Å². The Morgan fingerprint density at radius 3 is 2.28 bits per heavy atom. The number of rotatable bonds is 5. The Morgan fingerprint density at radius 1 is 1.33 bits per heavy atom. The fraction of sp³-hybridized carbons (Fsp3) is 0.417. The van der Waals surface area contributed by atoms with Crippen LogP contribution in [-0.4, -0.2) is 33.7 Å². The fourth-order valence-electron chi connectivity index (χ4n) is 1.80. The molecule has 0 bridgehead atoms. The van der Waals surface area contributed by atoms with Gasteiger partial charge in [0, 0.05) is 7.05 Å². The molecule has 0 fully saturated rings. The molecule has 0 saturated heterocycles. The normalized spacial score (nSPS) is 12.8. The summed E-state index contributed by atoms with van der Waals surface area (Å²) in [5, 5.41) is 2.49. The zero-order valence-electron chi connectivity index (χ0n) is 10.8. The van der Waals surface area contributed by atoms with Gasteiger partial charge in [0.25, 0.3) is 0 Å². The number of carbonyl (C=O) groups excluding carboxylic acids is 1. The second kappa shape index (κ2) is 5.86. The molecule has 0 spiro atoms. The third kappa shape index (κ3) is 3.22. The highest BCUT2D eigenvalue weighted by molar-refractivity contribution is 7.92. The average molecular weight is 270 g/mol. The molecule has 1 amide bonds. The van der Waals surface area contributed by atoms with Crippen molar-refractivity contribution in [3.8, 4) is 0 Å². The molecule has 0 aromatic heterocycles. The molecule has 0 aliphatic carbocycles. The number of amides is 1. The lowest BCUT2D eigenvalue weighted by molar-refractivity contribution is -0.121. The highest BCUT2D eigenvalue weighted by Gasteiger charge is 2.30. The number of hydrogen-bond donors (Lipinski definition) is 1. The third-order valence-corrected chi connectivity index (χ3v) is 3.77. The number of benzene rings is 1. The van der Waals surface area contributed by atoms with Gasteiger partial charge in [0.05, 0.1) is 11.9 Å². The topological polar surface area (TPSA) is 66.5 Å². The number of likely N-dealkylation sites (N-methyl/N-ethyl adjacent to an activating group) is 1. The van der Waals surface area contributed by atoms with Gasteiger partial charge in [-0.1, -0.05) is 25.1 Å². The minimum atomic E-state index is -3.51. The molecule has 1 atom stereocenters. The van der Waals surface area contributed by atoms with Gasteiger partial charge < -0.3 is 5.32 Å². The first-order chi connectivity index (χ1) is 8.41. The molecule has 1 aromatic rings. The van der Waals surface area contributed by atoms with Crippen molar-refractivity contribution >= 4 is 21.6 Å². The zero-order valence-corrected chi connectivity index (χ0v) is 11.6. The summed E-state index contributed by atoms with van der Waals surface area (Å²) < 4.78 is 25.0. The van der Waals surface area contributed by atoms with E-state index in [-0.39, 0.29) is 5.91 Å². The van der Waals surface area contributed by atoms with E-state index in [0.717, 1.165) is 10.6 Å². The third-order valence-electron chi connectivity index (χ3n) is 2.59. The summed E-state index contributed by atoms with van der Waals surface area (Å²) in [6.45, 7) is 1.78. The molecular weight excluding hydrogens is 252 g/mol. The SMILES string of the molecule is CC[C@H](C(=O)NC)N(c1ccccc1)S(C)(=O)=O. The first-order valence-electron chi connectivity index (χ1n) is 5.67. The van der Waals surface area contributed by atoms with Crippen molar-refractivity contribution in [1.82, 2.24) is 5.32 Å². The number of hydrogen-bond acceptors (Lipinski definition) is 3. The molecule has 18 heavy (non-hydrogen) atoms. The minimum Gasteiger partial charge on any atom is -0.357 e. The standard InChI is InChI=1S/C12H18N2O3S/c1-4-11(12(15)13-2)14(18(3,16)17)10-8-6-5-7-9-10/h5-9,11H,4H2,1-3H3,(H,13,15)/t11-/m1/s1. The lowest BCUT2D eigenvalue weighted by Crippen LogP contribution is -2.48. The number of nitrogens with zero attached hydrogens (tertiary/aromatic N) is 1. The van der Waals surface area contributed by atoms with Gasteiger partial charge in [-0.25, -0.2) is 8.42 Å². The van der Waals surface area contributed by atoms with Crippen LogP contribution in [0, 0.1) is 0 Å². The summed E-state index contributed by atoms with van der Waals surface area (Å²) in [5.41, 5.74) is 0.496. The minimum absolute atomic E-state index is 0.313. The molecule has 1 aromatic carbocycles. The van der Waals surface area contributed by atoms with E-state index in [1.807, 2.05) is 0 Å². The zero-order chi connectivity index (χ0) is 13.8. The molecule has 0 aliphatic rings. The Hall–Kier alpha value is -1.56. The highest BCUT2D eigenvalue weighted by atomic mass is 32.2. The van der Waals surface area contributed by atoms with Crippen LogP contribution in [0.4, 0.5) is 5.69 Å². The summed E-state index contributed by atoms with van der Waals surface area (Å²) in [4.78, 5) is 11.8. The van der Waals surface area contributed by atoms with E-state index in [0.29, 0.717) is 12.1 Å². The second-order valence-corrected chi connectivity index (χ2v) is 5.79. The van der Waals surface area contributed by atoms with Crippen LogP contribution >= 0.6 is 0 Å². The first kappa shape index (κ1) is 14.5. The molecule has 1 rings (SSSR count). The largest absolute Gasteiger partial charge is 0.357 e. The number of sulfonamides is 1. The number of carbonyl (C=O) groups is 1. The molecule has 1 N–H and O–H groups in total. The van der Waals surface area contributed by atoms with Crippen molar-refractivity contribution < 1.29 is 13.2 Å². The van der Waals surface area contributed by atoms with E-state index in [1.54, 1.807) is 37.3 Å². The second-order valence-electron chi connectivity index (χ2n) is 3.93. The van der Waals surface area contributed by atoms with Crippen molar-refractivity contribution in [2.24, 2.45) is 0 Å². The summed E-state index contributed by atoms with van der Waals surface area (Å²) >= 11 is 0. The van der Waals surface area contributed by atoms with Crippen molar-refractivity contribution in [3.63, 3.8) is 0 Å². The van der Waals surface area contributed by atoms with Crippen LogP contribution in [0.2, 0.25) is 0 Å². The Labute approximate surface area is 108 Å². The van der Waals surface area contributed by atoms with E-state index >= 15 is 0 Å². The molecule has 100 valence electrons. The van der Waals surface area contributed by atoms with E-state index in [1.165, 1.54) is 7.05 Å². The van der Waals surface area contributed by atoms with Crippen LogP contribution in [0.3, 0.4) is 0 Å². The maximum Gasteiger partial charge on any atom is 0.243 e. The lowest BCUT2D eigenvalue weighted by atomic mass is 10.2. The summed E-state index contributed by atoms with van der Waals surface area (Å²) in [5.74, 6) is -0.313. The predicted molar refractivity (Wildman–Crippen MR) is 71.9 cm³/mol. The Kier molecular flexibility index (Phi) is 4.72. The molecule has 0 radical (unpaired) electrons. The van der Waals surface area contributed by atoms with E-state index in [2.05, 4.69) is 5.32 Å². The van der Waals surface area contributed by atoms with Crippen LogP contribution in [0.25, 0.3) is 0 Å². The van der Waals surface area contributed by atoms with Crippen LogP contribution < -0.4 is 9.62 Å². The van der Waals surface area contributed by atoms with E-state index in [4.69, 9.17) is 0 Å². The van der Waals surface area contributed by atoms with Crippen LogP contribution in [0.1, 0.15) is 13.3 Å². The maximum atomic E-state index is 11.9. The van der Waals surface area contributed by atoms with Crippen molar-refractivity contribution in [3.05, 3.63) is 30.3 Å². The number of anilines is 1. The smallest absolute Gasteiger partial charge is 0.243 e. The molecular formula is C12H18N2O3S. The molecule has 5 nitrogen and oxygen atoms in total. The molecule has 6 heteroatoms. The average Bonchev–Trinajstić information content (AvgIpc) is 2.34. The maximum absolute atomic E-state index is 11.9. The highest BCUT2D eigenvalue weighted by Crippen LogP contribution is 2.21. The predicted octanol–water partition coefficient (Wildman–Crippen LogP) is 0.977. The number of nitrogens with one attached hydrogen (secondary N) is 1. The van der Waals surface area contributed by atoms with Gasteiger partial charge >= 0.3 is 0 Å². The van der Waals surface area contributed by atoms with Gasteiger partial charge in [-0.15, -0.1) is 0 Å². The fourth-order valence-corrected chi connectivity index (χ4v) is 3.01.